The standard InChI is InChI=1S/C10H18N4O2/c1-14-9(5-7-12-14)13-10(16)11-6-3-2-4-8-15/h5,7,15H,2-4,6,8H2,1H3,(H2,11,13,16). The van der Waals surface area contributed by atoms with Gasteiger partial charge in [-0.1, -0.05) is 0 Å². The highest BCUT2D eigenvalue weighted by Crippen LogP contribution is 2.02. The van der Waals surface area contributed by atoms with Gasteiger partial charge in [-0.2, -0.15) is 5.10 Å². The number of aryl methyl sites for hydroxylation is 1. The molecular weight excluding hydrogens is 208 g/mol. The summed E-state index contributed by atoms with van der Waals surface area (Å²) in [5.41, 5.74) is 0. The Hall–Kier alpha value is -1.56. The maximum Gasteiger partial charge on any atom is 0.320 e. The van der Waals surface area contributed by atoms with Crippen LogP contribution in [0.3, 0.4) is 0 Å². The van der Waals surface area contributed by atoms with Crippen LogP contribution < -0.4 is 10.6 Å². The molecule has 3 N–H and O–H groups in total. The van der Waals surface area contributed by atoms with Crippen molar-refractivity contribution in [3.8, 4) is 0 Å². The van der Waals surface area contributed by atoms with E-state index in [9.17, 15) is 4.79 Å². The normalized spacial score (nSPS) is 10.1. The molecule has 0 aliphatic rings. The Labute approximate surface area is 94.6 Å². The van der Waals surface area contributed by atoms with Gasteiger partial charge in [-0.25, -0.2) is 4.79 Å². The molecule has 90 valence electrons. The third kappa shape index (κ3) is 4.31. The van der Waals surface area contributed by atoms with E-state index in [4.69, 9.17) is 5.11 Å². The number of nitrogens with one attached hydrogen (secondary N) is 2. The molecule has 1 rings (SSSR count). The summed E-state index contributed by atoms with van der Waals surface area (Å²) in [4.78, 5) is 11.4. The van der Waals surface area contributed by atoms with Crippen LogP contribution in [0.1, 0.15) is 19.3 Å². The summed E-state index contributed by atoms with van der Waals surface area (Å²) in [6.45, 7) is 0.824. The van der Waals surface area contributed by atoms with Crippen LogP contribution in [0.15, 0.2) is 12.3 Å². The number of rotatable bonds is 6. The highest BCUT2D eigenvalue weighted by Gasteiger charge is 2.03. The first kappa shape index (κ1) is 12.5. The summed E-state index contributed by atoms with van der Waals surface area (Å²) in [6, 6.07) is 1.50. The molecule has 0 aliphatic heterocycles. The van der Waals surface area contributed by atoms with Crippen molar-refractivity contribution in [2.24, 2.45) is 7.05 Å². The Bertz CT molecular complexity index is 324. The van der Waals surface area contributed by atoms with E-state index in [1.165, 1.54) is 0 Å². The van der Waals surface area contributed by atoms with E-state index in [1.54, 1.807) is 24.0 Å². The molecule has 16 heavy (non-hydrogen) atoms. The van der Waals surface area contributed by atoms with Crippen molar-refractivity contribution in [3.05, 3.63) is 12.3 Å². The number of anilines is 1. The van der Waals surface area contributed by atoms with Gasteiger partial charge in [-0.05, 0) is 19.3 Å². The Kier molecular flexibility index (Phi) is 5.35. The number of carbonyl (C=O) groups is 1. The van der Waals surface area contributed by atoms with Gasteiger partial charge in [0.25, 0.3) is 0 Å². The van der Waals surface area contributed by atoms with Crippen LogP contribution in [0.25, 0.3) is 0 Å². The molecule has 1 heterocycles. The lowest BCUT2D eigenvalue weighted by Gasteiger charge is -2.07. The van der Waals surface area contributed by atoms with Crippen molar-refractivity contribution in [2.75, 3.05) is 18.5 Å². The number of hydrogen-bond donors (Lipinski definition) is 3. The fraction of sp³-hybridized carbons (Fsp3) is 0.600. The van der Waals surface area contributed by atoms with E-state index in [0.29, 0.717) is 12.4 Å². The van der Waals surface area contributed by atoms with Crippen molar-refractivity contribution in [3.63, 3.8) is 0 Å². The highest BCUT2D eigenvalue weighted by atomic mass is 16.2. The van der Waals surface area contributed by atoms with Gasteiger partial charge < -0.3 is 10.4 Å². The second-order valence-corrected chi connectivity index (χ2v) is 3.51. The van der Waals surface area contributed by atoms with E-state index < -0.39 is 0 Å². The Morgan fingerprint density at radius 3 is 2.94 bits per heavy atom. The molecule has 0 bridgehead atoms. The van der Waals surface area contributed by atoms with Crippen molar-refractivity contribution in [1.29, 1.82) is 0 Å². The van der Waals surface area contributed by atoms with Crippen molar-refractivity contribution < 1.29 is 9.90 Å². The molecule has 6 nitrogen and oxygen atoms in total. The molecule has 6 heteroatoms. The first-order chi connectivity index (χ1) is 7.74. The summed E-state index contributed by atoms with van der Waals surface area (Å²) in [5.74, 6) is 0.660. The van der Waals surface area contributed by atoms with Gasteiger partial charge in [0.15, 0.2) is 0 Å². The van der Waals surface area contributed by atoms with Gasteiger partial charge in [0.05, 0.1) is 6.20 Å². The monoisotopic (exact) mass is 226 g/mol. The summed E-state index contributed by atoms with van der Waals surface area (Å²) in [6.07, 6.45) is 4.20. The maximum absolute atomic E-state index is 11.4. The first-order valence-electron chi connectivity index (χ1n) is 5.37. The predicted octanol–water partition coefficient (Wildman–Crippen LogP) is 0.704. The largest absolute Gasteiger partial charge is 0.396 e. The fourth-order valence-electron chi connectivity index (χ4n) is 1.27. The van der Waals surface area contributed by atoms with Crippen LogP contribution in [-0.4, -0.2) is 34.1 Å². The number of hydrogen-bond acceptors (Lipinski definition) is 3. The topological polar surface area (TPSA) is 79.2 Å². The SMILES string of the molecule is Cn1nccc1NC(=O)NCCCCCO. The zero-order valence-electron chi connectivity index (χ0n) is 9.44. The number of amides is 2. The third-order valence-electron chi connectivity index (χ3n) is 2.18. The first-order valence-corrected chi connectivity index (χ1v) is 5.37. The average Bonchev–Trinajstić information content (AvgIpc) is 2.64. The molecule has 0 radical (unpaired) electrons. The average molecular weight is 226 g/mol. The molecule has 0 saturated heterocycles. The number of aliphatic hydroxyl groups excluding tert-OH is 1. The molecule has 0 atom stereocenters. The second-order valence-electron chi connectivity index (χ2n) is 3.51. The van der Waals surface area contributed by atoms with E-state index in [2.05, 4.69) is 15.7 Å². The molecule has 2 amide bonds. The van der Waals surface area contributed by atoms with E-state index in [1.807, 2.05) is 0 Å². The lowest BCUT2D eigenvalue weighted by Crippen LogP contribution is -2.30. The molecule has 0 spiro atoms. The van der Waals surface area contributed by atoms with Crippen LogP contribution in [0, 0.1) is 0 Å². The van der Waals surface area contributed by atoms with Crippen LogP contribution in [0.4, 0.5) is 10.6 Å². The minimum Gasteiger partial charge on any atom is -0.396 e. The molecule has 0 fully saturated rings. The van der Waals surface area contributed by atoms with Crippen molar-refractivity contribution in [1.82, 2.24) is 15.1 Å². The predicted molar refractivity (Wildman–Crippen MR) is 61.2 cm³/mol. The van der Waals surface area contributed by atoms with Gasteiger partial charge in [0, 0.05) is 26.3 Å². The Morgan fingerprint density at radius 1 is 1.50 bits per heavy atom. The fourth-order valence-corrected chi connectivity index (χ4v) is 1.27. The smallest absolute Gasteiger partial charge is 0.320 e. The van der Waals surface area contributed by atoms with Gasteiger partial charge in [0.1, 0.15) is 5.82 Å². The summed E-state index contributed by atoms with van der Waals surface area (Å²) < 4.78 is 1.59. The van der Waals surface area contributed by atoms with E-state index >= 15 is 0 Å². The van der Waals surface area contributed by atoms with Crippen molar-refractivity contribution >= 4 is 11.8 Å². The number of carbonyl (C=O) groups excluding carboxylic acids is 1. The zero-order valence-corrected chi connectivity index (χ0v) is 9.44. The quantitative estimate of drug-likeness (QED) is 0.625. The van der Waals surface area contributed by atoms with E-state index in [-0.39, 0.29) is 12.6 Å². The van der Waals surface area contributed by atoms with Gasteiger partial charge in [-0.15, -0.1) is 0 Å². The van der Waals surface area contributed by atoms with Gasteiger partial charge >= 0.3 is 6.03 Å². The van der Waals surface area contributed by atoms with Crippen LogP contribution in [-0.2, 0) is 7.05 Å². The molecule has 0 aliphatic carbocycles. The third-order valence-corrected chi connectivity index (χ3v) is 2.18. The minimum atomic E-state index is -0.229. The number of unbranched alkanes of at least 4 members (excludes halogenated alkanes) is 2. The number of nitrogens with zero attached hydrogens (tertiary/aromatic N) is 2. The zero-order chi connectivity index (χ0) is 11.8. The minimum absolute atomic E-state index is 0.210. The second kappa shape index (κ2) is 6.84. The molecule has 1 aromatic rings. The Balaban J connectivity index is 2.14. The van der Waals surface area contributed by atoms with Crippen LogP contribution in [0.5, 0.6) is 0 Å². The molecule has 0 unspecified atom stereocenters. The number of urea groups is 1. The van der Waals surface area contributed by atoms with Gasteiger partial charge in [0.2, 0.25) is 0 Å². The molecule has 1 aromatic heterocycles. The van der Waals surface area contributed by atoms with Crippen LogP contribution in [0.2, 0.25) is 0 Å². The summed E-state index contributed by atoms with van der Waals surface area (Å²) in [5, 5.41) is 17.9. The highest BCUT2D eigenvalue weighted by molar-refractivity contribution is 5.88. The number of aliphatic hydroxyl groups is 1. The van der Waals surface area contributed by atoms with Crippen LogP contribution >= 0.6 is 0 Å². The summed E-state index contributed by atoms with van der Waals surface area (Å²) in [7, 11) is 1.76. The lowest BCUT2D eigenvalue weighted by atomic mass is 10.2. The molecular formula is C10H18N4O2. The lowest BCUT2D eigenvalue weighted by molar-refractivity contribution is 0.251. The molecule has 0 saturated carbocycles. The summed E-state index contributed by atoms with van der Waals surface area (Å²) >= 11 is 0. The Morgan fingerprint density at radius 2 is 2.31 bits per heavy atom. The van der Waals surface area contributed by atoms with E-state index in [0.717, 1.165) is 19.3 Å². The van der Waals surface area contributed by atoms with Gasteiger partial charge in [-0.3, -0.25) is 10.00 Å². The number of aromatic nitrogens is 2. The maximum atomic E-state index is 11.4. The van der Waals surface area contributed by atoms with Crippen molar-refractivity contribution in [2.45, 2.75) is 19.3 Å². The molecule has 0 aromatic carbocycles.